The molecule has 0 aromatic heterocycles. The van der Waals surface area contributed by atoms with E-state index in [0.29, 0.717) is 40.8 Å². The monoisotopic (exact) mass is 403 g/mol. The highest BCUT2D eigenvalue weighted by Gasteiger charge is 2.77. The first-order chi connectivity index (χ1) is 13.2. The van der Waals surface area contributed by atoms with Gasteiger partial charge < -0.3 is 37.1 Å². The van der Waals surface area contributed by atoms with Crippen LogP contribution >= 0.6 is 0 Å². The fourth-order valence-corrected chi connectivity index (χ4v) is 7.05. The van der Waals surface area contributed by atoms with Gasteiger partial charge in [-0.15, -0.1) is 0 Å². The Bertz CT molecular complexity index is 942. The molecule has 2 bridgehead atoms. The quantitative estimate of drug-likeness (QED) is 0.339. The normalized spacial score (nSPS) is 41.4. The number of likely N-dealkylation sites (N-methyl/N-ethyl adjacent to an activating group) is 1. The van der Waals surface area contributed by atoms with E-state index in [4.69, 9.17) is 4.74 Å². The third-order valence-corrected chi connectivity index (χ3v) is 8.52. The van der Waals surface area contributed by atoms with Crippen molar-refractivity contribution in [1.29, 1.82) is 0 Å². The van der Waals surface area contributed by atoms with E-state index in [1.807, 2.05) is 0 Å². The number of rotatable bonds is 2. The Morgan fingerprint density at radius 3 is 2.55 bits per heavy atom. The maximum atomic E-state index is 12.8. The van der Waals surface area contributed by atoms with Gasteiger partial charge in [-0.3, -0.25) is 4.79 Å². The van der Waals surface area contributed by atoms with Gasteiger partial charge in [0.15, 0.2) is 23.4 Å². The van der Waals surface area contributed by atoms with Crippen LogP contribution in [0.4, 0.5) is 0 Å². The number of benzene rings is 1. The summed E-state index contributed by atoms with van der Waals surface area (Å²) in [6.45, 7) is 1.80. The fraction of sp³-hybridized carbons (Fsp3) is 0.636. The van der Waals surface area contributed by atoms with Crippen molar-refractivity contribution in [3.05, 3.63) is 18.6 Å². The molecule has 29 heavy (non-hydrogen) atoms. The van der Waals surface area contributed by atoms with E-state index in [0.717, 1.165) is 13.1 Å². The Morgan fingerprint density at radius 2 is 1.86 bits per heavy atom. The Morgan fingerprint density at radius 1 is 1.14 bits per heavy atom. The van der Waals surface area contributed by atoms with Gasteiger partial charge in [0.05, 0.1) is 25.6 Å². The van der Waals surface area contributed by atoms with Crippen molar-refractivity contribution in [2.45, 2.75) is 61.7 Å². The van der Waals surface area contributed by atoms with Crippen molar-refractivity contribution in [2.75, 3.05) is 20.1 Å². The summed E-state index contributed by atoms with van der Waals surface area (Å²) in [5.74, 6) is -0.817. The van der Waals surface area contributed by atoms with Crippen LogP contribution in [-0.4, -0.2) is 68.6 Å². The lowest BCUT2D eigenvalue weighted by molar-refractivity contribution is -0.950. The van der Waals surface area contributed by atoms with Crippen LogP contribution in [-0.2, 0) is 16.6 Å². The lowest BCUT2D eigenvalue weighted by Crippen LogP contribution is -2.80. The summed E-state index contributed by atoms with van der Waals surface area (Å²) in [6.07, 6.45) is 3.13. The Hall–Kier alpha value is -1.99. The summed E-state index contributed by atoms with van der Waals surface area (Å²) in [7, 11) is 2.18. The van der Waals surface area contributed by atoms with Crippen LogP contribution in [0.2, 0.25) is 0 Å². The summed E-state index contributed by atoms with van der Waals surface area (Å²) >= 11 is 0. The molecule has 7 heteroatoms. The number of carbonyl (C=O) groups is 1. The van der Waals surface area contributed by atoms with E-state index in [2.05, 4.69) is 7.05 Å². The molecular weight excluding hydrogens is 374 g/mol. The number of hydrogen-bond donors (Lipinski definition) is 4. The predicted molar refractivity (Wildman–Crippen MR) is 104 cm³/mol. The standard InChI is InChI=1S/C21H25NO6.CH3/c1-22(9-10-2-3-10)7-6-20-14-11-8-13(22)21(20,27)5-4-12(23)19(20)28-18(14)17(26)16(25)15(11)24;/h10,13,19,27H,2-9H2,1H3,(H2-,24,25,26);1H3/q;-1/p+1/t13-,19+,20+,21-,22-;/m1./s1. The molecule has 2 saturated carbocycles. The first kappa shape index (κ1) is 19.0. The fourth-order valence-electron chi connectivity index (χ4n) is 7.05. The van der Waals surface area contributed by atoms with Gasteiger partial charge in [-0.2, -0.15) is 0 Å². The molecule has 6 rings (SSSR count). The molecule has 1 aromatic rings. The van der Waals surface area contributed by atoms with Crippen molar-refractivity contribution in [3.8, 4) is 23.0 Å². The van der Waals surface area contributed by atoms with Crippen molar-refractivity contribution in [3.63, 3.8) is 0 Å². The number of phenolic OH excluding ortho intramolecular Hbond substituents is 3. The van der Waals surface area contributed by atoms with Gasteiger partial charge in [0.1, 0.15) is 11.6 Å². The zero-order chi connectivity index (χ0) is 19.6. The number of hydrogen-bond acceptors (Lipinski definition) is 6. The number of likely N-dealkylation sites (tertiary alicyclic amines) is 1. The summed E-state index contributed by atoms with van der Waals surface area (Å²) < 4.78 is 6.65. The Kier molecular flexibility index (Phi) is 3.52. The molecule has 0 radical (unpaired) electrons. The molecule has 5 aliphatic rings. The smallest absolute Gasteiger partial charge is 0.204 e. The number of quaternary nitrogens is 1. The van der Waals surface area contributed by atoms with E-state index >= 15 is 0 Å². The minimum absolute atomic E-state index is 0. The van der Waals surface area contributed by atoms with E-state index in [9.17, 15) is 25.2 Å². The molecule has 0 unspecified atom stereocenters. The van der Waals surface area contributed by atoms with E-state index in [-0.39, 0.29) is 37.2 Å². The number of ketones is 1. The van der Waals surface area contributed by atoms with Crippen LogP contribution < -0.4 is 4.74 Å². The Labute approximate surface area is 170 Å². The third kappa shape index (κ3) is 1.94. The van der Waals surface area contributed by atoms with Crippen LogP contribution in [0.1, 0.15) is 43.2 Å². The number of nitrogens with zero attached hydrogens (tertiary/aromatic N) is 1. The van der Waals surface area contributed by atoms with Gasteiger partial charge in [0.25, 0.3) is 0 Å². The highest BCUT2D eigenvalue weighted by atomic mass is 16.5. The Balaban J connectivity index is 0.00000181. The highest BCUT2D eigenvalue weighted by molar-refractivity contribution is 5.90. The average Bonchev–Trinajstić information content (AvgIpc) is 3.38. The molecule has 158 valence electrons. The van der Waals surface area contributed by atoms with E-state index < -0.39 is 28.6 Å². The zero-order valence-corrected chi connectivity index (χ0v) is 16.9. The first-order valence-electron chi connectivity index (χ1n) is 10.3. The molecule has 0 amide bonds. The highest BCUT2D eigenvalue weighted by Crippen LogP contribution is 2.68. The zero-order valence-electron chi connectivity index (χ0n) is 16.9. The lowest BCUT2D eigenvalue weighted by Gasteiger charge is -2.64. The molecule has 1 spiro atoms. The number of Topliss-reactive ketones (excluding diaryl/α,β-unsaturated/α-hetero) is 1. The van der Waals surface area contributed by atoms with Crippen LogP contribution in [0.15, 0.2) is 0 Å². The third-order valence-electron chi connectivity index (χ3n) is 8.52. The van der Waals surface area contributed by atoms with Gasteiger partial charge in [-0.25, -0.2) is 0 Å². The van der Waals surface area contributed by atoms with Gasteiger partial charge in [-0.1, -0.05) is 0 Å². The molecule has 2 aliphatic heterocycles. The number of aliphatic hydroxyl groups is 1. The minimum Gasteiger partial charge on any atom is -0.504 e. The molecule has 4 N–H and O–H groups in total. The lowest BCUT2D eigenvalue weighted by atomic mass is 9.48. The number of aromatic hydroxyl groups is 3. The summed E-state index contributed by atoms with van der Waals surface area (Å²) in [5, 5.41) is 43.6. The summed E-state index contributed by atoms with van der Waals surface area (Å²) in [4.78, 5) is 12.8. The van der Waals surface area contributed by atoms with E-state index in [1.54, 1.807) is 0 Å². The van der Waals surface area contributed by atoms with Crippen molar-refractivity contribution in [2.24, 2.45) is 5.92 Å². The molecule has 1 saturated heterocycles. The topological polar surface area (TPSA) is 107 Å². The van der Waals surface area contributed by atoms with Crippen LogP contribution in [0.5, 0.6) is 23.0 Å². The van der Waals surface area contributed by atoms with Crippen LogP contribution in [0, 0.1) is 13.3 Å². The van der Waals surface area contributed by atoms with Gasteiger partial charge in [-0.05, 0) is 19.3 Å². The first-order valence-corrected chi connectivity index (χ1v) is 10.3. The number of carbonyl (C=O) groups excluding carboxylic acids is 1. The molecule has 3 fully saturated rings. The molecule has 5 atom stereocenters. The number of ether oxygens (including phenoxy) is 1. The molecular formula is C22H29NO6. The second-order valence-electron chi connectivity index (χ2n) is 9.89. The minimum atomic E-state index is -1.14. The molecule has 1 aromatic carbocycles. The van der Waals surface area contributed by atoms with Crippen molar-refractivity contribution < 1.29 is 34.4 Å². The predicted octanol–water partition coefficient (Wildman–Crippen LogP) is 1.53. The van der Waals surface area contributed by atoms with Crippen molar-refractivity contribution in [1.82, 2.24) is 0 Å². The average molecular weight is 403 g/mol. The van der Waals surface area contributed by atoms with Crippen molar-refractivity contribution >= 4 is 5.78 Å². The summed E-state index contributed by atoms with van der Waals surface area (Å²) in [5.41, 5.74) is -1.02. The van der Waals surface area contributed by atoms with E-state index in [1.165, 1.54) is 12.8 Å². The second kappa shape index (κ2) is 5.38. The maximum Gasteiger partial charge on any atom is 0.204 e. The van der Waals surface area contributed by atoms with Gasteiger partial charge in [0.2, 0.25) is 11.5 Å². The van der Waals surface area contributed by atoms with Crippen LogP contribution in [0.25, 0.3) is 0 Å². The maximum absolute atomic E-state index is 12.8. The largest absolute Gasteiger partial charge is 0.504 e. The summed E-state index contributed by atoms with van der Waals surface area (Å²) in [6, 6.07) is -0.186. The number of piperidine rings is 1. The SMILES string of the molecule is C[N@+]1(CC2CC2)CC[C@]23c4c5c(O)c(O)c(O)c4O[C@H]2C(=O)CC[C@@]3(O)[C@H]1C5.[CH3-]. The second-order valence-corrected chi connectivity index (χ2v) is 9.89. The van der Waals surface area contributed by atoms with Gasteiger partial charge in [0, 0.05) is 36.3 Å². The number of phenols is 3. The van der Waals surface area contributed by atoms with Crippen LogP contribution in [0.3, 0.4) is 0 Å². The molecule has 7 nitrogen and oxygen atoms in total. The molecule has 2 heterocycles. The van der Waals surface area contributed by atoms with Gasteiger partial charge >= 0.3 is 0 Å². The molecule has 3 aliphatic carbocycles.